The number of thiocarbonyl (C=S) groups is 1. The minimum absolute atomic E-state index is 0.0700. The van der Waals surface area contributed by atoms with E-state index >= 15 is 0 Å². The van der Waals surface area contributed by atoms with Crippen molar-refractivity contribution in [2.24, 2.45) is 0 Å². The Bertz CT molecular complexity index is 1090. The van der Waals surface area contributed by atoms with Crippen molar-refractivity contribution in [3.05, 3.63) is 77.6 Å². The van der Waals surface area contributed by atoms with Gasteiger partial charge in [-0.15, -0.1) is 0 Å². The molecular formula is C20H14ClFN4S. The summed E-state index contributed by atoms with van der Waals surface area (Å²) in [6.07, 6.45) is 0. The molecule has 134 valence electrons. The van der Waals surface area contributed by atoms with Crippen molar-refractivity contribution in [3.8, 4) is 11.4 Å². The van der Waals surface area contributed by atoms with Crippen LogP contribution < -0.4 is 10.6 Å². The predicted molar refractivity (Wildman–Crippen MR) is 113 cm³/mol. The lowest BCUT2D eigenvalue weighted by atomic mass is 10.2. The summed E-state index contributed by atoms with van der Waals surface area (Å²) in [7, 11) is 0. The Hall–Kier alpha value is -2.96. The highest BCUT2D eigenvalue weighted by molar-refractivity contribution is 7.80. The third-order valence-corrected chi connectivity index (χ3v) is 4.49. The van der Waals surface area contributed by atoms with Crippen LogP contribution in [0.2, 0.25) is 5.02 Å². The Morgan fingerprint density at radius 2 is 1.67 bits per heavy atom. The number of anilines is 2. The standard InChI is InChI=1S/C20H14ClFN4S/c21-15-10-9-14(11-16(15)22)24-20(27)23-13-7-5-12(6-8-13)19-25-17-3-1-2-4-18(17)26-19/h1-11H,(H,25,26)(H2,23,24,27). The molecule has 0 bridgehead atoms. The molecule has 0 aliphatic carbocycles. The number of benzene rings is 3. The maximum Gasteiger partial charge on any atom is 0.175 e. The van der Waals surface area contributed by atoms with Gasteiger partial charge in [0.05, 0.1) is 16.1 Å². The summed E-state index contributed by atoms with van der Waals surface area (Å²) in [5, 5.41) is 6.41. The monoisotopic (exact) mass is 396 g/mol. The zero-order valence-electron chi connectivity index (χ0n) is 14.0. The number of hydrogen-bond acceptors (Lipinski definition) is 2. The van der Waals surface area contributed by atoms with Crippen LogP contribution in [0.3, 0.4) is 0 Å². The number of nitrogens with one attached hydrogen (secondary N) is 3. The number of rotatable bonds is 3. The van der Waals surface area contributed by atoms with Crippen LogP contribution in [0.4, 0.5) is 15.8 Å². The molecule has 0 fully saturated rings. The van der Waals surface area contributed by atoms with Gasteiger partial charge in [-0.1, -0.05) is 23.7 Å². The van der Waals surface area contributed by atoms with E-state index in [1.807, 2.05) is 48.5 Å². The fraction of sp³-hybridized carbons (Fsp3) is 0. The normalized spacial score (nSPS) is 10.7. The van der Waals surface area contributed by atoms with Crippen LogP contribution in [-0.4, -0.2) is 15.1 Å². The van der Waals surface area contributed by atoms with Gasteiger partial charge >= 0.3 is 0 Å². The van der Waals surface area contributed by atoms with E-state index in [2.05, 4.69) is 20.6 Å². The third kappa shape index (κ3) is 3.92. The van der Waals surface area contributed by atoms with Crippen LogP contribution >= 0.6 is 23.8 Å². The van der Waals surface area contributed by atoms with E-state index in [1.165, 1.54) is 12.1 Å². The lowest BCUT2D eigenvalue weighted by Crippen LogP contribution is -2.19. The fourth-order valence-electron chi connectivity index (χ4n) is 2.67. The van der Waals surface area contributed by atoms with E-state index in [0.717, 1.165) is 28.1 Å². The van der Waals surface area contributed by atoms with E-state index in [1.54, 1.807) is 6.07 Å². The second-order valence-electron chi connectivity index (χ2n) is 5.89. The molecule has 3 aromatic carbocycles. The Labute approximate surface area is 165 Å². The number of aromatic amines is 1. The second kappa shape index (κ2) is 7.34. The molecule has 0 aliphatic heterocycles. The highest BCUT2D eigenvalue weighted by atomic mass is 35.5. The first kappa shape index (κ1) is 17.5. The van der Waals surface area contributed by atoms with Crippen molar-refractivity contribution in [3.63, 3.8) is 0 Å². The fourth-order valence-corrected chi connectivity index (χ4v) is 3.02. The van der Waals surface area contributed by atoms with Gasteiger partial charge in [-0.05, 0) is 66.8 Å². The number of H-pyrrole nitrogens is 1. The van der Waals surface area contributed by atoms with Gasteiger partial charge in [0.25, 0.3) is 0 Å². The number of nitrogens with zero attached hydrogens (tertiary/aromatic N) is 1. The Morgan fingerprint density at radius 1 is 0.963 bits per heavy atom. The number of fused-ring (bicyclic) bond motifs is 1. The van der Waals surface area contributed by atoms with Crippen molar-refractivity contribution in [2.45, 2.75) is 0 Å². The largest absolute Gasteiger partial charge is 0.338 e. The Balaban J connectivity index is 1.45. The maximum absolute atomic E-state index is 13.5. The highest BCUT2D eigenvalue weighted by Crippen LogP contribution is 2.22. The van der Waals surface area contributed by atoms with Crippen molar-refractivity contribution in [2.75, 3.05) is 10.6 Å². The van der Waals surface area contributed by atoms with E-state index in [0.29, 0.717) is 10.8 Å². The van der Waals surface area contributed by atoms with Crippen molar-refractivity contribution < 1.29 is 4.39 Å². The van der Waals surface area contributed by atoms with Gasteiger partial charge in [-0.2, -0.15) is 0 Å². The SMILES string of the molecule is Fc1cc(NC(=S)Nc2ccc(-c3nc4ccccc4[nH]3)cc2)ccc1Cl. The smallest absolute Gasteiger partial charge is 0.175 e. The minimum Gasteiger partial charge on any atom is -0.338 e. The first-order chi connectivity index (χ1) is 13.1. The molecule has 27 heavy (non-hydrogen) atoms. The van der Waals surface area contributed by atoms with E-state index in [9.17, 15) is 4.39 Å². The number of aromatic nitrogens is 2. The molecule has 4 rings (SSSR count). The van der Waals surface area contributed by atoms with Crippen LogP contribution in [0.1, 0.15) is 0 Å². The first-order valence-corrected chi connectivity index (χ1v) is 8.95. The van der Waals surface area contributed by atoms with Crippen LogP contribution in [-0.2, 0) is 0 Å². The lowest BCUT2D eigenvalue weighted by Gasteiger charge is -2.11. The van der Waals surface area contributed by atoms with Gasteiger partial charge in [0.15, 0.2) is 5.11 Å². The highest BCUT2D eigenvalue weighted by Gasteiger charge is 2.06. The topological polar surface area (TPSA) is 52.7 Å². The zero-order valence-corrected chi connectivity index (χ0v) is 15.5. The third-order valence-electron chi connectivity index (χ3n) is 3.98. The number of hydrogen-bond donors (Lipinski definition) is 3. The summed E-state index contributed by atoms with van der Waals surface area (Å²) < 4.78 is 13.5. The molecule has 3 N–H and O–H groups in total. The predicted octanol–water partition coefficient (Wildman–Crippen LogP) is 5.83. The van der Waals surface area contributed by atoms with Gasteiger partial charge in [-0.25, -0.2) is 9.37 Å². The molecule has 4 nitrogen and oxygen atoms in total. The van der Waals surface area contributed by atoms with E-state index in [4.69, 9.17) is 23.8 Å². The van der Waals surface area contributed by atoms with E-state index in [-0.39, 0.29) is 5.02 Å². The molecule has 0 atom stereocenters. The summed E-state index contributed by atoms with van der Waals surface area (Å²) in [6.45, 7) is 0. The van der Waals surface area contributed by atoms with Gasteiger partial charge in [0.2, 0.25) is 0 Å². The Morgan fingerprint density at radius 3 is 2.41 bits per heavy atom. The van der Waals surface area contributed by atoms with Crippen LogP contribution in [0.15, 0.2) is 66.7 Å². The minimum atomic E-state index is -0.500. The van der Waals surface area contributed by atoms with Crippen LogP contribution in [0, 0.1) is 5.82 Å². The van der Waals surface area contributed by atoms with E-state index < -0.39 is 5.82 Å². The molecule has 0 radical (unpaired) electrons. The van der Waals surface area contributed by atoms with Crippen LogP contribution in [0.5, 0.6) is 0 Å². The molecule has 4 aromatic rings. The average Bonchev–Trinajstić information content (AvgIpc) is 3.09. The van der Waals surface area contributed by atoms with Gasteiger partial charge < -0.3 is 15.6 Å². The second-order valence-corrected chi connectivity index (χ2v) is 6.70. The molecule has 0 aliphatic rings. The molecule has 0 unspecified atom stereocenters. The molecule has 1 aromatic heterocycles. The molecule has 0 saturated carbocycles. The number of imidazole rings is 1. The average molecular weight is 397 g/mol. The lowest BCUT2D eigenvalue weighted by molar-refractivity contribution is 0.629. The summed E-state index contributed by atoms with van der Waals surface area (Å²) in [5.41, 5.74) is 4.22. The van der Waals surface area contributed by atoms with Gasteiger partial charge in [0.1, 0.15) is 11.6 Å². The summed E-state index contributed by atoms with van der Waals surface area (Å²) in [4.78, 5) is 7.88. The van der Waals surface area contributed by atoms with Gasteiger partial charge in [-0.3, -0.25) is 0 Å². The van der Waals surface area contributed by atoms with Crippen LogP contribution in [0.25, 0.3) is 22.4 Å². The summed E-state index contributed by atoms with van der Waals surface area (Å²) in [5.74, 6) is 0.305. The molecule has 0 amide bonds. The van der Waals surface area contributed by atoms with Crippen molar-refractivity contribution >= 4 is 51.3 Å². The zero-order chi connectivity index (χ0) is 18.8. The summed E-state index contributed by atoms with van der Waals surface area (Å²) in [6, 6.07) is 20.0. The molecule has 1 heterocycles. The Kier molecular flexibility index (Phi) is 4.75. The molecule has 7 heteroatoms. The molecule has 0 saturated heterocycles. The maximum atomic E-state index is 13.5. The van der Waals surface area contributed by atoms with Gasteiger partial charge in [0, 0.05) is 16.9 Å². The molecule has 0 spiro atoms. The first-order valence-electron chi connectivity index (χ1n) is 8.17. The number of halogens is 2. The number of para-hydroxylation sites is 2. The van der Waals surface area contributed by atoms with Crippen molar-refractivity contribution in [1.29, 1.82) is 0 Å². The molecular weight excluding hydrogens is 383 g/mol. The quantitative estimate of drug-likeness (QED) is 0.381. The van der Waals surface area contributed by atoms with Crippen molar-refractivity contribution in [1.82, 2.24) is 9.97 Å². The summed E-state index contributed by atoms with van der Waals surface area (Å²) >= 11 is 10.9.